The van der Waals surface area contributed by atoms with Gasteiger partial charge in [0.15, 0.2) is 0 Å². The molecule has 0 bridgehead atoms. The van der Waals surface area contributed by atoms with Gasteiger partial charge in [-0.1, -0.05) is 65.0 Å². The van der Waals surface area contributed by atoms with Crippen molar-refractivity contribution in [2.45, 2.75) is 51.3 Å². The van der Waals surface area contributed by atoms with E-state index in [1.165, 1.54) is 5.56 Å². The second-order valence-electron chi connectivity index (χ2n) is 8.70. The lowest BCUT2D eigenvalue weighted by Crippen LogP contribution is -2.28. The van der Waals surface area contributed by atoms with Crippen LogP contribution in [0.3, 0.4) is 0 Å². The molecule has 1 N–H and O–H groups in total. The van der Waals surface area contributed by atoms with Crippen molar-refractivity contribution < 1.29 is 13.2 Å². The Bertz CT molecular complexity index is 820. The summed E-state index contributed by atoms with van der Waals surface area (Å²) in [5.74, 6) is 0.740. The first kappa shape index (κ1) is 21.5. The van der Waals surface area contributed by atoms with E-state index in [9.17, 15) is 8.42 Å². The Morgan fingerprint density at radius 2 is 1.48 bits per heavy atom. The van der Waals surface area contributed by atoms with E-state index in [0.717, 1.165) is 12.2 Å². The minimum Gasteiger partial charge on any atom is -0.492 e. The van der Waals surface area contributed by atoms with Gasteiger partial charge >= 0.3 is 0 Å². The molecule has 148 valence electrons. The van der Waals surface area contributed by atoms with E-state index >= 15 is 0 Å². The van der Waals surface area contributed by atoms with Crippen LogP contribution in [0.2, 0.25) is 0 Å². The highest BCUT2D eigenvalue weighted by Gasteiger charge is 2.27. The van der Waals surface area contributed by atoms with E-state index in [-0.39, 0.29) is 28.9 Å². The Kier molecular flexibility index (Phi) is 6.71. The predicted octanol–water partition coefficient (Wildman–Crippen LogP) is 4.76. The average molecular weight is 390 g/mol. The molecular weight excluding hydrogens is 358 g/mol. The van der Waals surface area contributed by atoms with E-state index < -0.39 is 10.0 Å². The first-order valence-corrected chi connectivity index (χ1v) is 10.8. The van der Waals surface area contributed by atoms with Gasteiger partial charge in [0, 0.05) is 6.54 Å². The molecule has 2 rings (SSSR count). The van der Waals surface area contributed by atoms with Crippen molar-refractivity contribution in [3.63, 3.8) is 0 Å². The van der Waals surface area contributed by atoms with Gasteiger partial charge in [-0.25, -0.2) is 13.1 Å². The van der Waals surface area contributed by atoms with Crippen LogP contribution in [-0.2, 0) is 15.4 Å². The van der Waals surface area contributed by atoms with Crippen molar-refractivity contribution in [2.24, 2.45) is 5.41 Å². The fraction of sp³-hybridized carbons (Fsp3) is 0.455. The molecule has 0 aliphatic rings. The zero-order valence-corrected chi connectivity index (χ0v) is 17.8. The number of benzene rings is 2. The molecule has 0 aliphatic carbocycles. The molecule has 27 heavy (non-hydrogen) atoms. The molecule has 0 aliphatic heterocycles. The molecule has 5 heteroatoms. The van der Waals surface area contributed by atoms with Crippen LogP contribution < -0.4 is 9.46 Å². The third-order valence-corrected chi connectivity index (χ3v) is 5.80. The van der Waals surface area contributed by atoms with Gasteiger partial charge in [-0.15, -0.1) is 0 Å². The maximum Gasteiger partial charge on any atom is 0.240 e. The molecule has 0 saturated carbocycles. The molecule has 0 unspecified atom stereocenters. The van der Waals surface area contributed by atoms with Crippen LogP contribution in [0.25, 0.3) is 0 Å². The zero-order valence-electron chi connectivity index (χ0n) is 17.0. The van der Waals surface area contributed by atoms with Gasteiger partial charge in [-0.2, -0.15) is 0 Å². The molecule has 4 nitrogen and oxygen atoms in total. The molecule has 2 aromatic carbocycles. The van der Waals surface area contributed by atoms with E-state index in [4.69, 9.17) is 4.74 Å². The van der Waals surface area contributed by atoms with Gasteiger partial charge in [0.2, 0.25) is 10.0 Å². The number of nitrogens with one attached hydrogen (secondary N) is 1. The Balaban J connectivity index is 1.87. The monoisotopic (exact) mass is 389 g/mol. The molecule has 0 heterocycles. The highest BCUT2D eigenvalue weighted by Crippen LogP contribution is 2.36. The van der Waals surface area contributed by atoms with Crippen LogP contribution in [0.4, 0.5) is 0 Å². The minimum absolute atomic E-state index is 0.0854. The number of hydrogen-bond acceptors (Lipinski definition) is 3. The molecular formula is C22H31NO3S. The van der Waals surface area contributed by atoms with E-state index in [1.807, 2.05) is 12.1 Å². The molecule has 2 aromatic rings. The van der Waals surface area contributed by atoms with Gasteiger partial charge in [0.1, 0.15) is 12.4 Å². The summed E-state index contributed by atoms with van der Waals surface area (Å²) in [7, 11) is -3.49. The predicted molar refractivity (Wildman–Crippen MR) is 111 cm³/mol. The van der Waals surface area contributed by atoms with Crippen LogP contribution in [0.1, 0.15) is 46.6 Å². The highest BCUT2D eigenvalue weighted by atomic mass is 32.2. The lowest BCUT2D eigenvalue weighted by molar-refractivity contribution is 0.283. The van der Waals surface area contributed by atoms with Crippen molar-refractivity contribution in [3.8, 4) is 5.75 Å². The Morgan fingerprint density at radius 1 is 0.889 bits per heavy atom. The Labute approximate surface area is 164 Å². The SMILES string of the molecule is CC(C)(C)CC(C)(C)c1ccc(OCCNS(=O)(=O)c2ccccc2)cc1. The summed E-state index contributed by atoms with van der Waals surface area (Å²) in [6.45, 7) is 11.8. The van der Waals surface area contributed by atoms with Gasteiger partial charge in [-0.05, 0) is 47.1 Å². The van der Waals surface area contributed by atoms with Crippen LogP contribution in [0, 0.1) is 5.41 Å². The highest BCUT2D eigenvalue weighted by molar-refractivity contribution is 7.89. The van der Waals surface area contributed by atoms with E-state index in [1.54, 1.807) is 30.3 Å². The van der Waals surface area contributed by atoms with Crippen molar-refractivity contribution in [1.29, 1.82) is 0 Å². The van der Waals surface area contributed by atoms with Gasteiger partial charge in [-0.3, -0.25) is 0 Å². The normalized spacial score (nSPS) is 12.8. The maximum absolute atomic E-state index is 12.1. The molecule has 0 radical (unpaired) electrons. The standard InChI is InChI=1S/C22H31NO3S/c1-21(2,3)17-22(4,5)18-11-13-19(14-12-18)26-16-15-23-27(24,25)20-9-7-6-8-10-20/h6-14,23H,15-17H2,1-5H3. The van der Waals surface area contributed by atoms with Crippen molar-refractivity contribution in [3.05, 3.63) is 60.2 Å². The first-order chi connectivity index (χ1) is 12.5. The smallest absolute Gasteiger partial charge is 0.240 e. The summed E-state index contributed by atoms with van der Waals surface area (Å²) in [5.41, 5.74) is 1.62. The minimum atomic E-state index is -3.49. The summed E-state index contributed by atoms with van der Waals surface area (Å²) in [4.78, 5) is 0.260. The lowest BCUT2D eigenvalue weighted by Gasteiger charge is -2.33. The summed E-state index contributed by atoms with van der Waals surface area (Å²) in [5, 5.41) is 0. The third-order valence-electron chi connectivity index (χ3n) is 4.32. The number of rotatable bonds is 8. The fourth-order valence-electron chi connectivity index (χ4n) is 3.46. The zero-order chi connectivity index (χ0) is 20.1. The van der Waals surface area contributed by atoms with E-state index in [2.05, 4.69) is 51.5 Å². The van der Waals surface area contributed by atoms with Crippen LogP contribution in [0.15, 0.2) is 59.5 Å². The van der Waals surface area contributed by atoms with Crippen molar-refractivity contribution in [1.82, 2.24) is 4.72 Å². The van der Waals surface area contributed by atoms with Gasteiger partial charge in [0.05, 0.1) is 4.90 Å². The summed E-state index contributed by atoms with van der Waals surface area (Å²) in [6.07, 6.45) is 1.08. The number of ether oxygens (including phenoxy) is 1. The molecule has 0 atom stereocenters. The largest absolute Gasteiger partial charge is 0.492 e. The quantitative estimate of drug-likeness (QED) is 0.663. The van der Waals surface area contributed by atoms with Gasteiger partial charge < -0.3 is 4.74 Å². The average Bonchev–Trinajstić information content (AvgIpc) is 2.58. The lowest BCUT2D eigenvalue weighted by atomic mass is 9.72. The van der Waals surface area contributed by atoms with Crippen LogP contribution >= 0.6 is 0 Å². The first-order valence-electron chi connectivity index (χ1n) is 9.28. The summed E-state index contributed by atoms with van der Waals surface area (Å²) in [6, 6.07) is 16.4. The van der Waals surface area contributed by atoms with E-state index in [0.29, 0.717) is 0 Å². The number of sulfonamides is 1. The molecule has 0 aromatic heterocycles. The van der Waals surface area contributed by atoms with Crippen LogP contribution in [0.5, 0.6) is 5.75 Å². The van der Waals surface area contributed by atoms with Crippen molar-refractivity contribution in [2.75, 3.05) is 13.2 Å². The molecule has 0 amide bonds. The van der Waals surface area contributed by atoms with Crippen molar-refractivity contribution >= 4 is 10.0 Å². The second kappa shape index (κ2) is 8.44. The summed E-state index contributed by atoms with van der Waals surface area (Å²) >= 11 is 0. The fourth-order valence-corrected chi connectivity index (χ4v) is 4.49. The number of hydrogen-bond donors (Lipinski definition) is 1. The Morgan fingerprint density at radius 3 is 2.04 bits per heavy atom. The molecule has 0 saturated heterocycles. The topological polar surface area (TPSA) is 55.4 Å². The second-order valence-corrected chi connectivity index (χ2v) is 10.5. The maximum atomic E-state index is 12.1. The molecule has 0 fully saturated rings. The Hall–Kier alpha value is -1.85. The summed E-state index contributed by atoms with van der Waals surface area (Å²) < 4.78 is 32.5. The third kappa shape index (κ3) is 6.67. The molecule has 0 spiro atoms. The van der Waals surface area contributed by atoms with Crippen LogP contribution in [-0.4, -0.2) is 21.6 Å². The van der Waals surface area contributed by atoms with Gasteiger partial charge in [0.25, 0.3) is 0 Å².